The van der Waals surface area contributed by atoms with Crippen LogP contribution >= 0.6 is 0 Å². The van der Waals surface area contributed by atoms with Crippen molar-refractivity contribution in [2.24, 2.45) is 0 Å². The summed E-state index contributed by atoms with van der Waals surface area (Å²) in [5.74, 6) is 0.935. The van der Waals surface area contributed by atoms with Crippen LogP contribution < -0.4 is 11.1 Å². The van der Waals surface area contributed by atoms with Crippen molar-refractivity contribution < 1.29 is 4.79 Å². The number of anilines is 1. The predicted molar refractivity (Wildman–Crippen MR) is 98.1 cm³/mol. The number of carbonyl (C=O) groups is 1. The van der Waals surface area contributed by atoms with Crippen molar-refractivity contribution in [2.45, 2.75) is 32.9 Å². The van der Waals surface area contributed by atoms with E-state index in [1.54, 1.807) is 23.0 Å². The number of rotatable bonds is 6. The van der Waals surface area contributed by atoms with E-state index in [1.807, 2.05) is 26.0 Å². The van der Waals surface area contributed by atoms with E-state index in [1.165, 1.54) is 12.5 Å². The summed E-state index contributed by atoms with van der Waals surface area (Å²) in [6.07, 6.45) is 5.30. The van der Waals surface area contributed by atoms with Crippen molar-refractivity contribution in [3.8, 4) is 11.3 Å². The first-order valence-electron chi connectivity index (χ1n) is 8.48. The van der Waals surface area contributed by atoms with Crippen LogP contribution in [0.2, 0.25) is 0 Å². The standard InChI is InChI=1S/C18H21N7O/c1-3-14(17-22-11-23-25(17)4-2)24-18(26)13-7-5-6-12(8-13)15-9-21-16(19)10-20-15/h5-11,14H,3-4H2,1-2H3,(H2,19,21)(H,24,26)/t14-/m1/s1. The van der Waals surface area contributed by atoms with Gasteiger partial charge in [-0.15, -0.1) is 0 Å². The van der Waals surface area contributed by atoms with Gasteiger partial charge in [0.15, 0.2) is 0 Å². The monoisotopic (exact) mass is 351 g/mol. The summed E-state index contributed by atoms with van der Waals surface area (Å²) in [4.78, 5) is 25.3. The van der Waals surface area contributed by atoms with Crippen molar-refractivity contribution >= 4 is 11.7 Å². The molecule has 26 heavy (non-hydrogen) atoms. The largest absolute Gasteiger partial charge is 0.382 e. The number of benzene rings is 1. The summed E-state index contributed by atoms with van der Waals surface area (Å²) in [7, 11) is 0. The average molecular weight is 351 g/mol. The lowest BCUT2D eigenvalue weighted by Crippen LogP contribution is -2.30. The summed E-state index contributed by atoms with van der Waals surface area (Å²) in [5.41, 5.74) is 7.58. The van der Waals surface area contributed by atoms with Gasteiger partial charge in [-0.05, 0) is 25.5 Å². The molecule has 134 valence electrons. The van der Waals surface area contributed by atoms with Crippen molar-refractivity contribution in [2.75, 3.05) is 5.73 Å². The van der Waals surface area contributed by atoms with Crippen LogP contribution in [0.4, 0.5) is 5.82 Å². The van der Waals surface area contributed by atoms with Crippen LogP contribution in [0.15, 0.2) is 43.0 Å². The molecule has 1 amide bonds. The number of nitrogens with one attached hydrogen (secondary N) is 1. The van der Waals surface area contributed by atoms with E-state index in [9.17, 15) is 4.79 Å². The molecular weight excluding hydrogens is 330 g/mol. The minimum atomic E-state index is -0.204. The van der Waals surface area contributed by atoms with Crippen LogP contribution in [0, 0.1) is 0 Å². The second-order valence-electron chi connectivity index (χ2n) is 5.78. The zero-order chi connectivity index (χ0) is 18.5. The summed E-state index contributed by atoms with van der Waals surface area (Å²) in [6.45, 7) is 4.69. The molecular formula is C18H21N7O. The highest BCUT2D eigenvalue weighted by molar-refractivity contribution is 5.95. The maximum atomic E-state index is 12.7. The van der Waals surface area contributed by atoms with E-state index >= 15 is 0 Å². The third kappa shape index (κ3) is 3.69. The molecule has 8 nitrogen and oxygen atoms in total. The van der Waals surface area contributed by atoms with E-state index in [0.29, 0.717) is 30.0 Å². The molecule has 3 rings (SSSR count). The van der Waals surface area contributed by atoms with Crippen molar-refractivity contribution in [3.63, 3.8) is 0 Å². The van der Waals surface area contributed by atoms with Gasteiger partial charge in [0, 0.05) is 17.7 Å². The van der Waals surface area contributed by atoms with Gasteiger partial charge in [0.1, 0.15) is 18.0 Å². The summed E-state index contributed by atoms with van der Waals surface area (Å²) in [5, 5.41) is 7.20. The molecule has 0 saturated carbocycles. The van der Waals surface area contributed by atoms with E-state index < -0.39 is 0 Å². The molecule has 2 heterocycles. The Morgan fingerprint density at radius 3 is 2.77 bits per heavy atom. The second kappa shape index (κ2) is 7.73. The molecule has 8 heteroatoms. The van der Waals surface area contributed by atoms with E-state index in [2.05, 4.69) is 25.4 Å². The first-order chi connectivity index (χ1) is 12.6. The number of nitrogens with two attached hydrogens (primary N) is 1. The number of hydrogen-bond donors (Lipinski definition) is 2. The van der Waals surface area contributed by atoms with E-state index in [-0.39, 0.29) is 11.9 Å². The lowest BCUT2D eigenvalue weighted by molar-refractivity contribution is 0.0932. The van der Waals surface area contributed by atoms with Gasteiger partial charge in [-0.3, -0.25) is 9.78 Å². The molecule has 0 spiro atoms. The Morgan fingerprint density at radius 2 is 2.08 bits per heavy atom. The van der Waals surface area contributed by atoms with Crippen molar-refractivity contribution in [1.82, 2.24) is 30.0 Å². The molecule has 3 aromatic rings. The third-order valence-corrected chi connectivity index (χ3v) is 4.06. The molecule has 1 atom stereocenters. The fourth-order valence-corrected chi connectivity index (χ4v) is 2.68. The number of hydrogen-bond acceptors (Lipinski definition) is 6. The Balaban J connectivity index is 1.81. The minimum absolute atomic E-state index is 0.173. The van der Waals surface area contributed by atoms with Gasteiger partial charge in [0.25, 0.3) is 5.91 Å². The SMILES string of the molecule is CC[C@@H](NC(=O)c1cccc(-c2cnc(N)cn2)c1)c1ncnn1CC. The second-order valence-corrected chi connectivity index (χ2v) is 5.78. The summed E-state index contributed by atoms with van der Waals surface area (Å²) >= 11 is 0. The zero-order valence-electron chi connectivity index (χ0n) is 14.8. The summed E-state index contributed by atoms with van der Waals surface area (Å²) in [6, 6.07) is 7.04. The Kier molecular flexibility index (Phi) is 5.21. The third-order valence-electron chi connectivity index (χ3n) is 4.06. The fraction of sp³-hybridized carbons (Fsp3) is 0.278. The number of amides is 1. The highest BCUT2D eigenvalue weighted by Gasteiger charge is 2.19. The molecule has 0 radical (unpaired) electrons. The quantitative estimate of drug-likeness (QED) is 0.704. The molecule has 2 aromatic heterocycles. The molecule has 0 bridgehead atoms. The summed E-state index contributed by atoms with van der Waals surface area (Å²) < 4.78 is 1.79. The van der Waals surface area contributed by atoms with Gasteiger partial charge in [-0.2, -0.15) is 5.10 Å². The van der Waals surface area contributed by atoms with E-state index in [0.717, 1.165) is 11.4 Å². The Hall–Kier alpha value is -3.29. The van der Waals surface area contributed by atoms with Crippen LogP contribution in [-0.2, 0) is 6.54 Å². The number of carbonyl (C=O) groups excluding carboxylic acids is 1. The molecule has 0 aliphatic rings. The minimum Gasteiger partial charge on any atom is -0.382 e. The molecule has 3 N–H and O–H groups in total. The Morgan fingerprint density at radius 1 is 1.23 bits per heavy atom. The lowest BCUT2D eigenvalue weighted by atomic mass is 10.1. The van der Waals surface area contributed by atoms with Crippen LogP contribution in [0.25, 0.3) is 11.3 Å². The molecule has 0 fully saturated rings. The maximum absolute atomic E-state index is 12.7. The van der Waals surface area contributed by atoms with Crippen LogP contribution in [0.3, 0.4) is 0 Å². The van der Waals surface area contributed by atoms with E-state index in [4.69, 9.17) is 5.73 Å². The van der Waals surface area contributed by atoms with Gasteiger partial charge in [-0.25, -0.2) is 14.6 Å². The first-order valence-corrected chi connectivity index (χ1v) is 8.48. The van der Waals surface area contributed by atoms with Gasteiger partial charge in [0.05, 0.1) is 24.1 Å². The number of nitrogens with zero attached hydrogens (tertiary/aromatic N) is 5. The maximum Gasteiger partial charge on any atom is 0.251 e. The smallest absolute Gasteiger partial charge is 0.251 e. The number of aromatic nitrogens is 5. The molecule has 0 aliphatic carbocycles. The molecule has 0 aliphatic heterocycles. The van der Waals surface area contributed by atoms with Crippen LogP contribution in [0.1, 0.15) is 42.5 Å². The Labute approximate surface area is 151 Å². The number of nitrogen functional groups attached to an aromatic ring is 1. The number of aryl methyl sites for hydroxylation is 1. The normalized spacial score (nSPS) is 11.9. The van der Waals surface area contributed by atoms with Crippen LogP contribution in [0.5, 0.6) is 0 Å². The van der Waals surface area contributed by atoms with Gasteiger partial charge < -0.3 is 11.1 Å². The van der Waals surface area contributed by atoms with Gasteiger partial charge >= 0.3 is 0 Å². The van der Waals surface area contributed by atoms with Gasteiger partial charge in [0.2, 0.25) is 0 Å². The van der Waals surface area contributed by atoms with Crippen LogP contribution in [-0.4, -0.2) is 30.6 Å². The molecule has 0 unspecified atom stereocenters. The average Bonchev–Trinajstić information content (AvgIpc) is 3.15. The highest BCUT2D eigenvalue weighted by Crippen LogP contribution is 2.19. The first kappa shape index (κ1) is 17.5. The topological polar surface area (TPSA) is 112 Å². The molecule has 0 saturated heterocycles. The molecule has 1 aromatic carbocycles. The predicted octanol–water partition coefficient (Wildman–Crippen LogP) is 2.22. The lowest BCUT2D eigenvalue weighted by Gasteiger charge is -2.17. The highest BCUT2D eigenvalue weighted by atomic mass is 16.1. The van der Waals surface area contributed by atoms with Gasteiger partial charge in [-0.1, -0.05) is 19.1 Å². The zero-order valence-corrected chi connectivity index (χ0v) is 14.8. The van der Waals surface area contributed by atoms with Crippen molar-refractivity contribution in [3.05, 3.63) is 54.4 Å². The fourth-order valence-electron chi connectivity index (χ4n) is 2.68. The van der Waals surface area contributed by atoms with Crippen molar-refractivity contribution in [1.29, 1.82) is 0 Å². The Bertz CT molecular complexity index is 889.